The molecular weight excluding hydrogens is 310 g/mol. The van der Waals surface area contributed by atoms with Crippen LogP contribution in [0.1, 0.15) is 110 Å². The Hall–Kier alpha value is -0.860. The van der Waals surface area contributed by atoms with Crippen LogP contribution in [0.3, 0.4) is 0 Å². The first kappa shape index (κ1) is 24.1. The summed E-state index contributed by atoms with van der Waals surface area (Å²) in [6.07, 6.45) is 19.9. The van der Waals surface area contributed by atoms with Gasteiger partial charge in [-0.1, -0.05) is 84.0 Å². The van der Waals surface area contributed by atoms with Gasteiger partial charge in [-0.05, 0) is 19.3 Å². The molecule has 0 rings (SSSR count). The summed E-state index contributed by atoms with van der Waals surface area (Å²) < 4.78 is 0. The smallest absolute Gasteiger partial charge is 0.219 e. The molecular formula is C22H43NO2. The van der Waals surface area contributed by atoms with E-state index in [0.29, 0.717) is 5.92 Å². The van der Waals surface area contributed by atoms with E-state index in [1.807, 2.05) is 7.05 Å². The van der Waals surface area contributed by atoms with Gasteiger partial charge in [-0.2, -0.15) is 0 Å². The van der Waals surface area contributed by atoms with E-state index in [1.54, 1.807) is 11.8 Å². The predicted octanol–water partition coefficient (Wildman–Crippen LogP) is 6.15. The Morgan fingerprint density at radius 2 is 1.24 bits per heavy atom. The lowest BCUT2D eigenvalue weighted by Gasteiger charge is -2.14. The van der Waals surface area contributed by atoms with Gasteiger partial charge >= 0.3 is 0 Å². The van der Waals surface area contributed by atoms with Gasteiger partial charge in [0, 0.05) is 26.4 Å². The van der Waals surface area contributed by atoms with Crippen molar-refractivity contribution in [3.05, 3.63) is 0 Å². The quantitative estimate of drug-likeness (QED) is 0.219. The molecule has 148 valence electrons. The molecule has 0 aromatic heterocycles. The molecule has 0 heterocycles. The van der Waals surface area contributed by atoms with E-state index < -0.39 is 0 Å². The van der Waals surface area contributed by atoms with Gasteiger partial charge in [0.05, 0.1) is 0 Å². The molecule has 0 bridgehead atoms. The van der Waals surface area contributed by atoms with Crippen LogP contribution in [0.2, 0.25) is 0 Å². The average Bonchev–Trinajstić information content (AvgIpc) is 2.60. The monoisotopic (exact) mass is 353 g/mol. The van der Waals surface area contributed by atoms with Gasteiger partial charge < -0.3 is 9.69 Å². The molecule has 0 aliphatic heterocycles. The van der Waals surface area contributed by atoms with Crippen molar-refractivity contribution >= 4 is 12.2 Å². The molecule has 0 saturated carbocycles. The highest BCUT2D eigenvalue weighted by Gasteiger charge is 2.06. The predicted molar refractivity (Wildman–Crippen MR) is 108 cm³/mol. The minimum Gasteiger partial charge on any atom is -0.346 e. The van der Waals surface area contributed by atoms with E-state index in [0.717, 1.165) is 25.8 Å². The summed E-state index contributed by atoms with van der Waals surface area (Å²) in [4.78, 5) is 24.0. The van der Waals surface area contributed by atoms with Crippen molar-refractivity contribution in [2.45, 2.75) is 110 Å². The molecule has 0 N–H and O–H groups in total. The molecule has 0 aromatic rings. The fourth-order valence-corrected chi connectivity index (χ4v) is 3.26. The third-order valence-corrected chi connectivity index (χ3v) is 5.23. The minimum atomic E-state index is 0.162. The lowest BCUT2D eigenvalue weighted by molar-refractivity contribution is -0.127. The number of aldehydes is 1. The van der Waals surface area contributed by atoms with E-state index in [4.69, 9.17) is 0 Å². The Labute approximate surface area is 156 Å². The number of unbranched alkanes of at least 4 members (excludes halogenated alkanes) is 11. The second-order valence-electron chi connectivity index (χ2n) is 7.66. The van der Waals surface area contributed by atoms with Crippen molar-refractivity contribution in [2.75, 3.05) is 13.6 Å². The zero-order valence-electron chi connectivity index (χ0n) is 17.2. The Morgan fingerprint density at radius 3 is 1.68 bits per heavy atom. The summed E-state index contributed by atoms with van der Waals surface area (Å²) in [7, 11) is 1.88. The van der Waals surface area contributed by atoms with E-state index in [2.05, 4.69) is 6.92 Å². The normalized spacial score (nSPS) is 12.1. The molecule has 0 spiro atoms. The van der Waals surface area contributed by atoms with Crippen molar-refractivity contribution in [1.82, 2.24) is 4.90 Å². The lowest BCUT2D eigenvalue weighted by Crippen LogP contribution is -2.24. The number of carbonyl (C=O) groups excluding carboxylic acids is 2. The lowest BCUT2D eigenvalue weighted by atomic mass is 9.95. The molecule has 0 aromatic carbocycles. The molecule has 0 radical (unpaired) electrons. The van der Waals surface area contributed by atoms with Crippen molar-refractivity contribution in [3.8, 4) is 0 Å². The van der Waals surface area contributed by atoms with E-state index in [9.17, 15) is 9.59 Å². The van der Waals surface area contributed by atoms with Gasteiger partial charge in [0.15, 0.2) is 0 Å². The topological polar surface area (TPSA) is 37.4 Å². The second-order valence-corrected chi connectivity index (χ2v) is 7.66. The van der Waals surface area contributed by atoms with Crippen molar-refractivity contribution in [2.24, 2.45) is 5.92 Å². The number of hydrogen-bond donors (Lipinski definition) is 0. The first-order valence-corrected chi connectivity index (χ1v) is 10.8. The Bertz CT molecular complexity index is 317. The molecule has 0 aliphatic rings. The Balaban J connectivity index is 3.35. The first-order chi connectivity index (χ1) is 12.1. The molecule has 25 heavy (non-hydrogen) atoms. The number of carbonyl (C=O) groups is 2. The van der Waals surface area contributed by atoms with Gasteiger partial charge in [0.25, 0.3) is 0 Å². The van der Waals surface area contributed by atoms with Crippen LogP contribution in [0.4, 0.5) is 0 Å². The van der Waals surface area contributed by atoms with Crippen LogP contribution in [-0.2, 0) is 9.59 Å². The summed E-state index contributed by atoms with van der Waals surface area (Å²) in [6, 6.07) is 0. The molecule has 3 heteroatoms. The SMILES string of the molecule is CCCCCCCC(C=O)CCCCCCCCCCN(C)C(C)=O. The first-order valence-electron chi connectivity index (χ1n) is 10.8. The molecule has 1 amide bonds. The van der Waals surface area contributed by atoms with Crippen molar-refractivity contribution in [3.63, 3.8) is 0 Å². The molecule has 3 nitrogen and oxygen atoms in total. The van der Waals surface area contributed by atoms with Crippen LogP contribution in [0, 0.1) is 5.92 Å². The van der Waals surface area contributed by atoms with E-state index in [-0.39, 0.29) is 5.91 Å². The molecule has 0 saturated heterocycles. The highest BCUT2D eigenvalue weighted by Crippen LogP contribution is 2.17. The third kappa shape index (κ3) is 16.4. The number of amides is 1. The summed E-state index contributed by atoms with van der Waals surface area (Å²) in [5.41, 5.74) is 0. The highest BCUT2D eigenvalue weighted by atomic mass is 16.2. The summed E-state index contributed by atoms with van der Waals surface area (Å²) >= 11 is 0. The highest BCUT2D eigenvalue weighted by molar-refractivity contribution is 5.72. The zero-order valence-corrected chi connectivity index (χ0v) is 17.2. The van der Waals surface area contributed by atoms with E-state index in [1.165, 1.54) is 83.3 Å². The van der Waals surface area contributed by atoms with Crippen LogP contribution >= 0.6 is 0 Å². The van der Waals surface area contributed by atoms with Crippen LogP contribution in [0.25, 0.3) is 0 Å². The molecule has 1 unspecified atom stereocenters. The van der Waals surface area contributed by atoms with Crippen LogP contribution < -0.4 is 0 Å². The van der Waals surface area contributed by atoms with E-state index >= 15 is 0 Å². The minimum absolute atomic E-state index is 0.162. The second kappa shape index (κ2) is 17.9. The van der Waals surface area contributed by atoms with Gasteiger partial charge in [-0.25, -0.2) is 0 Å². The van der Waals surface area contributed by atoms with Crippen LogP contribution in [0.15, 0.2) is 0 Å². The fraction of sp³-hybridized carbons (Fsp3) is 0.909. The van der Waals surface area contributed by atoms with Crippen LogP contribution in [0.5, 0.6) is 0 Å². The van der Waals surface area contributed by atoms with Crippen molar-refractivity contribution < 1.29 is 9.59 Å². The number of nitrogens with zero attached hydrogens (tertiary/aromatic N) is 1. The standard InChI is InChI=1S/C22H43NO2/c1-4-5-6-11-14-17-22(20-24)18-15-12-9-7-8-10-13-16-19-23(3)21(2)25/h20,22H,4-19H2,1-3H3. The molecule has 0 aliphatic carbocycles. The Morgan fingerprint density at radius 1 is 0.800 bits per heavy atom. The van der Waals surface area contributed by atoms with Gasteiger partial charge in [0.1, 0.15) is 6.29 Å². The maximum Gasteiger partial charge on any atom is 0.219 e. The van der Waals surface area contributed by atoms with Gasteiger partial charge in [0.2, 0.25) is 5.91 Å². The number of rotatable bonds is 18. The average molecular weight is 354 g/mol. The maximum absolute atomic E-state index is 11.2. The van der Waals surface area contributed by atoms with Gasteiger partial charge in [-0.3, -0.25) is 4.79 Å². The summed E-state index contributed by atoms with van der Waals surface area (Å²) in [5.74, 6) is 0.467. The summed E-state index contributed by atoms with van der Waals surface area (Å²) in [5, 5.41) is 0. The maximum atomic E-state index is 11.2. The molecule has 1 atom stereocenters. The van der Waals surface area contributed by atoms with Crippen molar-refractivity contribution in [1.29, 1.82) is 0 Å². The molecule has 0 fully saturated rings. The largest absolute Gasteiger partial charge is 0.346 e. The van der Waals surface area contributed by atoms with Gasteiger partial charge in [-0.15, -0.1) is 0 Å². The van der Waals surface area contributed by atoms with Crippen LogP contribution in [-0.4, -0.2) is 30.7 Å². The number of hydrogen-bond acceptors (Lipinski definition) is 2. The summed E-state index contributed by atoms with van der Waals surface area (Å²) in [6.45, 7) is 4.75. The fourth-order valence-electron chi connectivity index (χ4n) is 3.26. The third-order valence-electron chi connectivity index (χ3n) is 5.23. The Kier molecular flexibility index (Phi) is 17.3. The zero-order chi connectivity index (χ0) is 18.8.